The minimum atomic E-state index is -0.851. The topological polar surface area (TPSA) is 105 Å². The molecule has 0 radical (unpaired) electrons. The van der Waals surface area contributed by atoms with E-state index in [0.29, 0.717) is 5.75 Å². The van der Waals surface area contributed by atoms with Crippen molar-refractivity contribution in [1.82, 2.24) is 5.32 Å². The number of nitro groups is 1. The molecular formula is C14H15N3O4. The molecule has 1 fully saturated rings. The third-order valence-electron chi connectivity index (χ3n) is 3.44. The number of nitriles is 1. The highest BCUT2D eigenvalue weighted by Crippen LogP contribution is 2.39. The summed E-state index contributed by atoms with van der Waals surface area (Å²) in [5.74, 6) is 0.177. The van der Waals surface area contributed by atoms with E-state index in [1.165, 1.54) is 24.3 Å². The molecule has 1 atom stereocenters. The van der Waals surface area contributed by atoms with Crippen LogP contribution in [0.1, 0.15) is 19.8 Å². The van der Waals surface area contributed by atoms with Gasteiger partial charge in [-0.2, -0.15) is 5.26 Å². The summed E-state index contributed by atoms with van der Waals surface area (Å²) in [6.07, 6.45) is 1.88. The predicted molar refractivity (Wildman–Crippen MR) is 73.5 cm³/mol. The maximum Gasteiger partial charge on any atom is 0.269 e. The van der Waals surface area contributed by atoms with Crippen LogP contribution in [0.25, 0.3) is 0 Å². The number of hydrogen-bond donors (Lipinski definition) is 1. The molecular weight excluding hydrogens is 274 g/mol. The van der Waals surface area contributed by atoms with Crippen molar-refractivity contribution in [2.24, 2.45) is 5.92 Å². The largest absolute Gasteiger partial charge is 0.484 e. The van der Waals surface area contributed by atoms with E-state index in [4.69, 9.17) is 10.00 Å². The Labute approximate surface area is 121 Å². The fourth-order valence-electron chi connectivity index (χ4n) is 2.02. The van der Waals surface area contributed by atoms with Crippen LogP contribution in [0, 0.1) is 27.4 Å². The molecule has 0 unspecified atom stereocenters. The number of rotatable bonds is 6. The molecule has 0 spiro atoms. The average Bonchev–Trinajstić information content (AvgIpc) is 3.30. The van der Waals surface area contributed by atoms with Crippen molar-refractivity contribution in [3.63, 3.8) is 0 Å². The van der Waals surface area contributed by atoms with Gasteiger partial charge in [-0.1, -0.05) is 0 Å². The van der Waals surface area contributed by atoms with E-state index in [9.17, 15) is 14.9 Å². The van der Waals surface area contributed by atoms with Crippen LogP contribution in [0.5, 0.6) is 5.75 Å². The molecule has 1 aromatic carbocycles. The van der Waals surface area contributed by atoms with Crippen LogP contribution in [0.4, 0.5) is 5.69 Å². The van der Waals surface area contributed by atoms with Crippen LogP contribution in [0.15, 0.2) is 24.3 Å². The summed E-state index contributed by atoms with van der Waals surface area (Å²) >= 11 is 0. The van der Waals surface area contributed by atoms with Gasteiger partial charge in [-0.25, -0.2) is 0 Å². The second-order valence-corrected chi connectivity index (χ2v) is 5.18. The number of nitrogens with one attached hydrogen (secondary N) is 1. The van der Waals surface area contributed by atoms with E-state index in [0.717, 1.165) is 12.8 Å². The first kappa shape index (κ1) is 14.8. The third-order valence-corrected chi connectivity index (χ3v) is 3.44. The molecule has 21 heavy (non-hydrogen) atoms. The number of nitrogens with zero attached hydrogens (tertiary/aromatic N) is 2. The Kier molecular flexibility index (Phi) is 4.08. The lowest BCUT2D eigenvalue weighted by atomic mass is 9.98. The highest BCUT2D eigenvalue weighted by Gasteiger charge is 2.43. The lowest BCUT2D eigenvalue weighted by molar-refractivity contribution is -0.384. The van der Waals surface area contributed by atoms with E-state index >= 15 is 0 Å². The van der Waals surface area contributed by atoms with Crippen molar-refractivity contribution in [2.75, 3.05) is 6.61 Å². The average molecular weight is 289 g/mol. The highest BCUT2D eigenvalue weighted by molar-refractivity contribution is 5.79. The van der Waals surface area contributed by atoms with E-state index in [1.54, 1.807) is 6.92 Å². The van der Waals surface area contributed by atoms with Gasteiger partial charge in [0.25, 0.3) is 11.6 Å². The van der Waals surface area contributed by atoms with E-state index in [2.05, 4.69) is 11.4 Å². The van der Waals surface area contributed by atoms with Crippen molar-refractivity contribution in [3.05, 3.63) is 34.4 Å². The molecule has 1 aliphatic carbocycles. The van der Waals surface area contributed by atoms with E-state index in [-0.39, 0.29) is 24.1 Å². The highest BCUT2D eigenvalue weighted by atomic mass is 16.6. The zero-order valence-corrected chi connectivity index (χ0v) is 11.5. The summed E-state index contributed by atoms with van der Waals surface area (Å²) in [6, 6.07) is 7.58. The number of benzene rings is 1. The normalized spacial score (nSPS) is 16.4. The lowest BCUT2D eigenvalue weighted by Crippen LogP contribution is -2.48. The molecule has 2 rings (SSSR count). The minimum absolute atomic E-state index is 0.0439. The predicted octanol–water partition coefficient (Wildman–Crippen LogP) is 1.78. The summed E-state index contributed by atoms with van der Waals surface area (Å²) in [5, 5.41) is 22.3. The summed E-state index contributed by atoms with van der Waals surface area (Å²) < 4.78 is 5.25. The van der Waals surface area contributed by atoms with Crippen LogP contribution in [-0.2, 0) is 4.79 Å². The summed E-state index contributed by atoms with van der Waals surface area (Å²) in [6.45, 7) is 1.47. The Morgan fingerprint density at radius 1 is 1.52 bits per heavy atom. The molecule has 0 aliphatic heterocycles. The fraction of sp³-hybridized carbons (Fsp3) is 0.429. The van der Waals surface area contributed by atoms with Crippen molar-refractivity contribution < 1.29 is 14.5 Å². The Morgan fingerprint density at radius 3 is 2.62 bits per heavy atom. The van der Waals surface area contributed by atoms with Gasteiger partial charge in [-0.15, -0.1) is 0 Å². The van der Waals surface area contributed by atoms with Crippen LogP contribution in [0.2, 0.25) is 0 Å². The molecule has 7 heteroatoms. The van der Waals surface area contributed by atoms with Crippen LogP contribution in [-0.4, -0.2) is 23.0 Å². The molecule has 110 valence electrons. The lowest BCUT2D eigenvalue weighted by Gasteiger charge is -2.22. The Morgan fingerprint density at radius 2 is 2.14 bits per heavy atom. The summed E-state index contributed by atoms with van der Waals surface area (Å²) in [7, 11) is 0. The van der Waals surface area contributed by atoms with Gasteiger partial charge >= 0.3 is 0 Å². The number of non-ortho nitro benzene ring substituents is 1. The van der Waals surface area contributed by atoms with Gasteiger partial charge in [0.05, 0.1) is 11.0 Å². The first-order valence-electron chi connectivity index (χ1n) is 6.54. The number of carbonyl (C=O) groups excluding carboxylic acids is 1. The zero-order valence-electron chi connectivity index (χ0n) is 11.5. The minimum Gasteiger partial charge on any atom is -0.484 e. The molecule has 1 aromatic rings. The third kappa shape index (κ3) is 3.69. The van der Waals surface area contributed by atoms with Gasteiger partial charge in [0.2, 0.25) is 0 Å². The van der Waals surface area contributed by atoms with Gasteiger partial charge in [0.15, 0.2) is 6.61 Å². The summed E-state index contributed by atoms with van der Waals surface area (Å²) in [5.41, 5.74) is -0.895. The zero-order chi connectivity index (χ0) is 15.5. The Bertz CT molecular complexity index is 589. The maximum atomic E-state index is 11.8. The van der Waals surface area contributed by atoms with Gasteiger partial charge < -0.3 is 10.1 Å². The SMILES string of the molecule is C[C@](C#N)(NC(=O)COc1ccc([N+](=O)[O-])cc1)C1CC1. The first-order chi connectivity index (χ1) is 9.94. The molecule has 1 aliphatic rings. The summed E-state index contributed by atoms with van der Waals surface area (Å²) in [4.78, 5) is 21.8. The smallest absolute Gasteiger partial charge is 0.269 e. The van der Waals surface area contributed by atoms with E-state index < -0.39 is 10.5 Å². The van der Waals surface area contributed by atoms with Gasteiger partial charge in [-0.3, -0.25) is 14.9 Å². The van der Waals surface area contributed by atoms with Gasteiger partial charge in [-0.05, 0) is 37.8 Å². The number of ether oxygens (including phenoxy) is 1. The standard InChI is InChI=1S/C14H15N3O4/c1-14(9-15,10-2-3-10)16-13(18)8-21-12-6-4-11(5-7-12)17(19)20/h4-7,10H,2-3,8H2,1H3,(H,16,18)/t14-/m1/s1. The molecule has 1 saturated carbocycles. The molecule has 0 heterocycles. The van der Waals surface area contributed by atoms with Gasteiger partial charge in [0.1, 0.15) is 11.3 Å². The van der Waals surface area contributed by atoms with Crippen molar-refractivity contribution in [1.29, 1.82) is 5.26 Å². The van der Waals surface area contributed by atoms with Crippen LogP contribution < -0.4 is 10.1 Å². The monoisotopic (exact) mass is 289 g/mol. The van der Waals surface area contributed by atoms with Gasteiger partial charge in [0, 0.05) is 12.1 Å². The second kappa shape index (κ2) is 5.79. The maximum absolute atomic E-state index is 11.8. The first-order valence-corrected chi connectivity index (χ1v) is 6.54. The van der Waals surface area contributed by atoms with Crippen molar-refractivity contribution in [2.45, 2.75) is 25.3 Å². The molecule has 0 aromatic heterocycles. The quantitative estimate of drug-likeness (QED) is 0.634. The van der Waals surface area contributed by atoms with Crippen molar-refractivity contribution >= 4 is 11.6 Å². The van der Waals surface area contributed by atoms with E-state index in [1.807, 2.05) is 0 Å². The number of amides is 1. The molecule has 1 amide bonds. The number of nitro benzene ring substituents is 1. The Hall–Kier alpha value is -2.62. The van der Waals surface area contributed by atoms with Crippen LogP contribution in [0.3, 0.4) is 0 Å². The molecule has 7 nitrogen and oxygen atoms in total. The molecule has 1 N–H and O–H groups in total. The fourth-order valence-corrected chi connectivity index (χ4v) is 2.02. The second-order valence-electron chi connectivity index (χ2n) is 5.18. The van der Waals surface area contributed by atoms with Crippen LogP contribution >= 0.6 is 0 Å². The Balaban J connectivity index is 1.86. The van der Waals surface area contributed by atoms with Crippen molar-refractivity contribution in [3.8, 4) is 11.8 Å². The molecule has 0 bridgehead atoms. The molecule has 0 saturated heterocycles. The number of hydrogen-bond acceptors (Lipinski definition) is 5. The number of carbonyl (C=O) groups is 1.